The number of aromatic nitrogens is 1. The molecule has 1 aliphatic carbocycles. The number of nitrogens with one attached hydrogen (secondary N) is 1. The Balaban J connectivity index is 1.43. The van der Waals surface area contributed by atoms with Crippen molar-refractivity contribution in [1.29, 1.82) is 0 Å². The number of H-pyrrole nitrogens is 1. The highest BCUT2D eigenvalue weighted by atomic mass is 16.5. The molecule has 126 valence electrons. The summed E-state index contributed by atoms with van der Waals surface area (Å²) in [4.78, 5) is 17.5. The van der Waals surface area contributed by atoms with Crippen molar-refractivity contribution in [3.8, 4) is 5.75 Å². The van der Waals surface area contributed by atoms with Gasteiger partial charge < -0.3 is 14.6 Å². The van der Waals surface area contributed by atoms with Crippen LogP contribution in [0.2, 0.25) is 0 Å². The Hall–Kier alpha value is -2.23. The molecule has 0 spiro atoms. The molecule has 1 aliphatic heterocycles. The number of rotatable bonds is 3. The number of aryl methyl sites for hydroxylation is 1. The lowest BCUT2D eigenvalue weighted by atomic mass is 9.81. The smallest absolute Gasteiger partial charge is 0.270 e. The summed E-state index contributed by atoms with van der Waals surface area (Å²) in [6, 6.07) is 10.2. The van der Waals surface area contributed by atoms with E-state index in [-0.39, 0.29) is 5.91 Å². The summed E-state index contributed by atoms with van der Waals surface area (Å²) in [5.41, 5.74) is 3.65. The molecule has 2 aliphatic rings. The highest BCUT2D eigenvalue weighted by molar-refractivity contribution is 5.92. The molecule has 2 aromatic rings. The van der Waals surface area contributed by atoms with Crippen molar-refractivity contribution in [2.75, 3.05) is 20.2 Å². The average Bonchev–Trinajstić information content (AvgIpc) is 3.30. The molecule has 4 nitrogen and oxygen atoms in total. The molecule has 1 aromatic heterocycles. The summed E-state index contributed by atoms with van der Waals surface area (Å²) in [5.74, 6) is 2.39. The number of fused-ring (bicyclic) bond motifs is 1. The third kappa shape index (κ3) is 2.70. The van der Waals surface area contributed by atoms with Gasteiger partial charge in [0, 0.05) is 19.3 Å². The highest BCUT2D eigenvalue weighted by Crippen LogP contribution is 2.43. The van der Waals surface area contributed by atoms with Crippen LogP contribution in [0.5, 0.6) is 5.75 Å². The second-order valence-corrected chi connectivity index (χ2v) is 6.92. The maximum atomic E-state index is 12.4. The first-order valence-corrected chi connectivity index (χ1v) is 8.85. The minimum absolute atomic E-state index is 0.131. The second kappa shape index (κ2) is 6.34. The first kappa shape index (κ1) is 15.3. The van der Waals surface area contributed by atoms with Crippen molar-refractivity contribution >= 4 is 5.91 Å². The summed E-state index contributed by atoms with van der Waals surface area (Å²) in [7, 11) is 1.73. The number of carbonyl (C=O) groups is 1. The predicted octanol–water partition coefficient (Wildman–Crippen LogP) is 3.61. The maximum Gasteiger partial charge on any atom is 0.270 e. The highest BCUT2D eigenvalue weighted by Gasteiger charge is 2.33. The van der Waals surface area contributed by atoms with Crippen LogP contribution in [0.25, 0.3) is 0 Å². The Morgan fingerprint density at radius 2 is 2.04 bits per heavy atom. The van der Waals surface area contributed by atoms with E-state index in [1.54, 1.807) is 7.11 Å². The van der Waals surface area contributed by atoms with Crippen LogP contribution in [0.3, 0.4) is 0 Å². The van der Waals surface area contributed by atoms with Crippen LogP contribution in [-0.4, -0.2) is 36.0 Å². The molecule has 1 atom stereocenters. The molecule has 24 heavy (non-hydrogen) atoms. The van der Waals surface area contributed by atoms with E-state index in [2.05, 4.69) is 23.2 Å². The first-order valence-electron chi connectivity index (χ1n) is 8.85. The first-order chi connectivity index (χ1) is 11.8. The van der Waals surface area contributed by atoms with Crippen LogP contribution in [0.15, 0.2) is 36.5 Å². The summed E-state index contributed by atoms with van der Waals surface area (Å²) >= 11 is 0. The molecule has 2 heterocycles. The molecule has 4 rings (SSSR count). The fourth-order valence-corrected chi connectivity index (χ4v) is 4.37. The maximum absolute atomic E-state index is 12.4. The lowest BCUT2D eigenvalue weighted by molar-refractivity contribution is 0.0672. The Bertz CT molecular complexity index is 715. The Kier molecular flexibility index (Phi) is 4.05. The van der Waals surface area contributed by atoms with Gasteiger partial charge in [-0.25, -0.2) is 0 Å². The van der Waals surface area contributed by atoms with E-state index >= 15 is 0 Å². The quantitative estimate of drug-likeness (QED) is 0.937. The monoisotopic (exact) mass is 324 g/mol. The number of piperidine rings is 1. The van der Waals surface area contributed by atoms with E-state index in [4.69, 9.17) is 4.74 Å². The third-order valence-corrected chi connectivity index (χ3v) is 5.70. The van der Waals surface area contributed by atoms with Gasteiger partial charge in [0.05, 0.1) is 7.11 Å². The van der Waals surface area contributed by atoms with Gasteiger partial charge >= 0.3 is 0 Å². The van der Waals surface area contributed by atoms with Gasteiger partial charge in [-0.3, -0.25) is 4.79 Å². The van der Waals surface area contributed by atoms with Gasteiger partial charge in [-0.15, -0.1) is 0 Å². The van der Waals surface area contributed by atoms with E-state index < -0.39 is 0 Å². The normalized spacial score (nSPS) is 20.9. The van der Waals surface area contributed by atoms with Crippen LogP contribution in [0.4, 0.5) is 0 Å². The molecule has 0 saturated carbocycles. The molecule has 1 fully saturated rings. The average molecular weight is 324 g/mol. The summed E-state index contributed by atoms with van der Waals surface area (Å²) < 4.78 is 5.41. The molecule has 1 unspecified atom stereocenters. The molecular formula is C20H24N2O2. The molecule has 0 bridgehead atoms. The van der Waals surface area contributed by atoms with Crippen molar-refractivity contribution in [2.24, 2.45) is 5.92 Å². The lowest BCUT2D eigenvalue weighted by Gasteiger charge is -2.35. The zero-order chi connectivity index (χ0) is 16.5. The van der Waals surface area contributed by atoms with Gasteiger partial charge in [0.15, 0.2) is 0 Å². The van der Waals surface area contributed by atoms with Crippen molar-refractivity contribution in [2.45, 2.75) is 31.6 Å². The summed E-state index contributed by atoms with van der Waals surface area (Å²) in [6.07, 6.45) is 6.40. The number of methoxy groups -OCH3 is 1. The van der Waals surface area contributed by atoms with Crippen LogP contribution < -0.4 is 4.74 Å². The Morgan fingerprint density at radius 1 is 1.21 bits per heavy atom. The zero-order valence-electron chi connectivity index (χ0n) is 14.1. The Labute approximate surface area is 142 Å². The zero-order valence-corrected chi connectivity index (χ0v) is 14.1. The molecule has 1 saturated heterocycles. The van der Waals surface area contributed by atoms with Crippen LogP contribution in [0.1, 0.15) is 46.8 Å². The fourth-order valence-electron chi connectivity index (χ4n) is 4.37. The SMILES string of the molecule is COc1ccc2c(c1)C(C1CCN(C(=O)c3ccc[nH]3)CC1)CC2. The van der Waals surface area contributed by atoms with Gasteiger partial charge in [-0.1, -0.05) is 6.07 Å². The number of nitrogens with zero attached hydrogens (tertiary/aromatic N) is 1. The van der Waals surface area contributed by atoms with E-state index in [0.29, 0.717) is 17.5 Å². The molecule has 1 aromatic carbocycles. The van der Waals surface area contributed by atoms with E-state index in [1.807, 2.05) is 23.2 Å². The number of likely N-dealkylation sites (tertiary alicyclic amines) is 1. The van der Waals surface area contributed by atoms with Gasteiger partial charge in [0.2, 0.25) is 0 Å². The van der Waals surface area contributed by atoms with E-state index in [0.717, 1.165) is 31.7 Å². The van der Waals surface area contributed by atoms with Crippen LogP contribution >= 0.6 is 0 Å². The number of ether oxygens (including phenoxy) is 1. The van der Waals surface area contributed by atoms with Crippen molar-refractivity contribution in [3.05, 3.63) is 53.3 Å². The topological polar surface area (TPSA) is 45.3 Å². The number of hydrogen-bond acceptors (Lipinski definition) is 2. The Morgan fingerprint density at radius 3 is 2.75 bits per heavy atom. The van der Waals surface area contributed by atoms with Crippen LogP contribution in [0, 0.1) is 5.92 Å². The number of hydrogen-bond donors (Lipinski definition) is 1. The van der Waals surface area contributed by atoms with E-state index in [1.165, 1.54) is 24.0 Å². The van der Waals surface area contributed by atoms with E-state index in [9.17, 15) is 4.79 Å². The fraction of sp³-hybridized carbons (Fsp3) is 0.450. The minimum atomic E-state index is 0.131. The number of aromatic amines is 1. The molecule has 1 amide bonds. The van der Waals surface area contributed by atoms with Crippen molar-refractivity contribution in [3.63, 3.8) is 0 Å². The summed E-state index contributed by atoms with van der Waals surface area (Å²) in [5, 5.41) is 0. The molecular weight excluding hydrogens is 300 g/mol. The van der Waals surface area contributed by atoms with Crippen molar-refractivity contribution in [1.82, 2.24) is 9.88 Å². The van der Waals surface area contributed by atoms with Gasteiger partial charge in [0.1, 0.15) is 11.4 Å². The standard InChI is InChI=1S/C20H24N2O2/c1-24-16-6-4-14-5-7-17(18(14)13-16)15-8-11-22(12-9-15)20(23)19-3-2-10-21-19/h2-4,6,10,13,15,17,21H,5,7-9,11-12H2,1H3. The number of benzene rings is 1. The van der Waals surface area contributed by atoms with Gasteiger partial charge in [0.25, 0.3) is 5.91 Å². The molecule has 0 radical (unpaired) electrons. The predicted molar refractivity (Wildman–Crippen MR) is 93.5 cm³/mol. The lowest BCUT2D eigenvalue weighted by Crippen LogP contribution is -2.39. The number of carbonyl (C=O) groups excluding carboxylic acids is 1. The minimum Gasteiger partial charge on any atom is -0.497 e. The second-order valence-electron chi connectivity index (χ2n) is 6.92. The van der Waals surface area contributed by atoms with Gasteiger partial charge in [-0.05, 0) is 72.9 Å². The molecule has 1 N–H and O–H groups in total. The number of amides is 1. The third-order valence-electron chi connectivity index (χ3n) is 5.70. The summed E-state index contributed by atoms with van der Waals surface area (Å²) in [6.45, 7) is 1.72. The van der Waals surface area contributed by atoms with Crippen molar-refractivity contribution < 1.29 is 9.53 Å². The van der Waals surface area contributed by atoms with Crippen LogP contribution in [-0.2, 0) is 6.42 Å². The van der Waals surface area contributed by atoms with Gasteiger partial charge in [-0.2, -0.15) is 0 Å². The largest absolute Gasteiger partial charge is 0.497 e. The molecule has 4 heteroatoms.